The van der Waals surface area contributed by atoms with E-state index >= 15 is 9.59 Å². The molecular weight excluding hydrogens is 905 g/mol. The van der Waals surface area contributed by atoms with Crippen molar-refractivity contribution in [2.45, 2.75) is 154 Å². The van der Waals surface area contributed by atoms with Gasteiger partial charge in [0.1, 0.15) is 17.8 Å². The van der Waals surface area contributed by atoms with Crippen LogP contribution in [0.25, 0.3) is 17.0 Å². The number of fused-ring (bicyclic) bond motifs is 2. The number of nitrogens with zero attached hydrogens (tertiary/aromatic N) is 4. The number of carbonyl (C=O) groups excluding carboxylic acids is 5. The molecule has 71 heavy (non-hydrogen) atoms. The highest BCUT2D eigenvalue weighted by Gasteiger charge is 2.61. The Kier molecular flexibility index (Phi) is 17.2. The number of carbonyl (C=O) groups is 5. The Morgan fingerprint density at radius 1 is 0.944 bits per heavy atom. The molecule has 0 radical (unpaired) electrons. The molecule has 4 saturated heterocycles. The van der Waals surface area contributed by atoms with Gasteiger partial charge >= 0.3 is 18.0 Å². The molecule has 1 aromatic heterocycles. The Labute approximate surface area is 419 Å². The van der Waals surface area contributed by atoms with Gasteiger partial charge in [0.05, 0.1) is 47.6 Å². The molecule has 1 amide bonds. The molecule has 4 aliphatic rings. The lowest BCUT2D eigenvalue weighted by Gasteiger charge is -2.48. The van der Waals surface area contributed by atoms with Crippen molar-refractivity contribution in [1.29, 1.82) is 0 Å². The van der Waals surface area contributed by atoms with Crippen LogP contribution in [0.3, 0.4) is 0 Å². The second-order valence-corrected chi connectivity index (χ2v) is 21.0. The van der Waals surface area contributed by atoms with Gasteiger partial charge in [-0.3, -0.25) is 29.2 Å². The van der Waals surface area contributed by atoms with Gasteiger partial charge in [-0.15, -0.1) is 0 Å². The van der Waals surface area contributed by atoms with Crippen LogP contribution >= 0.6 is 0 Å². The normalized spacial score (nSPS) is 34.6. The highest BCUT2D eigenvalue weighted by Crippen LogP contribution is 2.44. The van der Waals surface area contributed by atoms with Gasteiger partial charge in [-0.1, -0.05) is 83.2 Å². The van der Waals surface area contributed by atoms with Crippen LogP contribution < -0.4 is 0 Å². The van der Waals surface area contributed by atoms with Crippen molar-refractivity contribution in [3.8, 4) is 0 Å². The lowest BCUT2D eigenvalue weighted by molar-refractivity contribution is -0.296. The number of aromatic nitrogens is 1. The molecular formula is C56H76N4O11. The quantitative estimate of drug-likeness (QED) is 0.0916. The number of para-hydroxylation sites is 1. The zero-order chi connectivity index (χ0) is 51.4. The summed E-state index contributed by atoms with van der Waals surface area (Å²) in [4.78, 5) is 83.6. The zero-order valence-electron chi connectivity index (χ0n) is 43.6. The van der Waals surface area contributed by atoms with Crippen LogP contribution in [0.4, 0.5) is 4.79 Å². The Morgan fingerprint density at radius 3 is 2.37 bits per heavy atom. The molecule has 14 atom stereocenters. The standard InChI is InChI=1S/C56H76N4O11/c1-12-45-56(9)49(60(54(65)71-56)33-42-25-19-27-59(42)13-2)36(5)46(61)34(3)31-55(8,66-28-20-21-39-30-41-24-17-18-26-43(41)57-32-39)50(37(6)47(62)38(7)51(63)68-45)70-53-48(44(58(10)11)29-35(4)67-53)69-52(64)40-22-15-14-16-23-40/h14-18,20-24,26,30,32,34-38,42,44-45,48-50,53H,12-13,19,25,27-29,31,33H2,1-11H3/b21-20+/t34-,35-,36+,37+,38-,42-,44+,45-,48-,49-,50-,53+,55-,56-/m1/s1. The first-order valence-corrected chi connectivity index (χ1v) is 25.7. The summed E-state index contributed by atoms with van der Waals surface area (Å²) in [6.07, 6.45) is 2.92. The third-order valence-corrected chi connectivity index (χ3v) is 15.7. The SMILES string of the molecule is CC[C@H]1OC(=O)[C@H](C)C(=O)[C@H](C)[C@@H](O[C@@H]2O[C@H](C)C[C@H](N(C)C)[C@H]2OC(=O)c2ccccc2)[C@](C)(OC/C=C/c2cnc3ccccc3c2)C[C@@H](C)C(=O)[C@H](C)[C@H]2N(C[C@H]3CCCN3CC)C(=O)O[C@]12C. The van der Waals surface area contributed by atoms with E-state index in [4.69, 9.17) is 28.4 Å². The number of hydrogen-bond acceptors (Lipinski definition) is 14. The van der Waals surface area contributed by atoms with Crippen LogP contribution in [-0.2, 0) is 42.8 Å². The minimum atomic E-state index is -1.45. The van der Waals surface area contributed by atoms with E-state index in [9.17, 15) is 14.4 Å². The number of amides is 1. The van der Waals surface area contributed by atoms with Crippen molar-refractivity contribution in [2.75, 3.05) is 40.3 Å². The largest absolute Gasteiger partial charge is 0.458 e. The van der Waals surface area contributed by atoms with Crippen molar-refractivity contribution < 1.29 is 52.4 Å². The first kappa shape index (κ1) is 53.7. The lowest BCUT2D eigenvalue weighted by Crippen LogP contribution is -2.61. The monoisotopic (exact) mass is 981 g/mol. The molecule has 0 bridgehead atoms. The molecule has 15 heteroatoms. The molecule has 0 unspecified atom stereocenters. The van der Waals surface area contributed by atoms with E-state index in [0.717, 1.165) is 42.4 Å². The average Bonchev–Trinajstić information content (AvgIpc) is 3.92. The van der Waals surface area contributed by atoms with E-state index in [0.29, 0.717) is 18.5 Å². The summed E-state index contributed by atoms with van der Waals surface area (Å²) in [6.45, 7) is 18.4. The van der Waals surface area contributed by atoms with Crippen LogP contribution in [-0.4, -0.2) is 150 Å². The molecule has 0 saturated carbocycles. The number of cyclic esters (lactones) is 1. The topological polar surface area (TPSA) is 163 Å². The number of ketones is 2. The molecule has 5 heterocycles. The number of esters is 2. The van der Waals surface area contributed by atoms with Crippen molar-refractivity contribution >= 4 is 46.6 Å². The average molecular weight is 981 g/mol. The fraction of sp³-hybridized carbons (Fsp3) is 0.607. The Morgan fingerprint density at radius 2 is 1.66 bits per heavy atom. The predicted molar refractivity (Wildman–Crippen MR) is 269 cm³/mol. The van der Waals surface area contributed by atoms with E-state index in [1.807, 2.05) is 102 Å². The van der Waals surface area contributed by atoms with Gasteiger partial charge in [0.2, 0.25) is 0 Å². The molecule has 7 rings (SSSR count). The number of rotatable bonds is 13. The first-order chi connectivity index (χ1) is 33.8. The number of hydrogen-bond donors (Lipinski definition) is 0. The molecule has 2 aromatic carbocycles. The summed E-state index contributed by atoms with van der Waals surface area (Å²) in [7, 11) is 3.80. The number of ether oxygens (including phenoxy) is 6. The maximum absolute atomic E-state index is 15.4. The molecule has 386 valence electrons. The maximum Gasteiger partial charge on any atom is 0.410 e. The van der Waals surface area contributed by atoms with Gasteiger partial charge in [-0.2, -0.15) is 0 Å². The second-order valence-electron chi connectivity index (χ2n) is 21.0. The summed E-state index contributed by atoms with van der Waals surface area (Å²) >= 11 is 0. The summed E-state index contributed by atoms with van der Waals surface area (Å²) in [5, 5.41) is 0.976. The lowest BCUT2D eigenvalue weighted by atomic mass is 9.73. The van der Waals surface area contributed by atoms with Gasteiger partial charge in [0, 0.05) is 41.9 Å². The molecule has 4 fully saturated rings. The van der Waals surface area contributed by atoms with Crippen molar-refractivity contribution in [3.05, 3.63) is 84.1 Å². The molecule has 0 aliphatic carbocycles. The van der Waals surface area contributed by atoms with Crippen molar-refractivity contribution in [3.63, 3.8) is 0 Å². The van der Waals surface area contributed by atoms with Crippen molar-refractivity contribution in [1.82, 2.24) is 19.7 Å². The van der Waals surface area contributed by atoms with Crippen LogP contribution in [0.2, 0.25) is 0 Å². The Bertz CT molecular complexity index is 2400. The maximum atomic E-state index is 15.4. The highest BCUT2D eigenvalue weighted by atomic mass is 16.7. The molecule has 3 aromatic rings. The predicted octanol–water partition coefficient (Wildman–Crippen LogP) is 8.17. The first-order valence-electron chi connectivity index (χ1n) is 25.7. The molecule has 15 nitrogen and oxygen atoms in total. The zero-order valence-corrected chi connectivity index (χ0v) is 43.6. The molecule has 0 spiro atoms. The highest BCUT2D eigenvalue weighted by molar-refractivity contribution is 6.00. The van der Waals surface area contributed by atoms with Gasteiger partial charge in [0.25, 0.3) is 0 Å². The summed E-state index contributed by atoms with van der Waals surface area (Å²) in [5.74, 6) is -5.91. The van der Waals surface area contributed by atoms with E-state index in [-0.39, 0.29) is 43.4 Å². The Hall–Kier alpha value is -5.06. The van der Waals surface area contributed by atoms with Gasteiger partial charge < -0.3 is 33.3 Å². The fourth-order valence-electron chi connectivity index (χ4n) is 11.8. The van der Waals surface area contributed by atoms with Crippen LogP contribution in [0.15, 0.2) is 72.9 Å². The Balaban J connectivity index is 1.31. The molecule has 4 aliphatic heterocycles. The fourth-order valence-corrected chi connectivity index (χ4v) is 11.8. The summed E-state index contributed by atoms with van der Waals surface area (Å²) < 4.78 is 39.7. The van der Waals surface area contributed by atoms with Crippen LogP contribution in [0.5, 0.6) is 0 Å². The van der Waals surface area contributed by atoms with Crippen LogP contribution in [0.1, 0.15) is 110 Å². The second kappa shape index (κ2) is 22.8. The van der Waals surface area contributed by atoms with Gasteiger partial charge in [-0.05, 0) is 117 Å². The van der Waals surface area contributed by atoms with Crippen molar-refractivity contribution in [2.24, 2.45) is 23.7 Å². The van der Waals surface area contributed by atoms with Gasteiger partial charge in [-0.25, -0.2) is 9.59 Å². The van der Waals surface area contributed by atoms with E-state index in [1.165, 1.54) is 6.92 Å². The minimum Gasteiger partial charge on any atom is -0.458 e. The smallest absolute Gasteiger partial charge is 0.410 e. The third-order valence-electron chi connectivity index (χ3n) is 15.7. The number of pyridine rings is 1. The minimum absolute atomic E-state index is 0.0249. The van der Waals surface area contributed by atoms with E-state index in [2.05, 4.69) is 16.8 Å². The van der Waals surface area contributed by atoms with E-state index < -0.39 is 89.3 Å². The summed E-state index contributed by atoms with van der Waals surface area (Å²) in [6, 6.07) is 17.4. The number of likely N-dealkylation sites (tertiary alicyclic amines) is 1. The number of likely N-dealkylation sites (N-methyl/N-ethyl adjacent to an activating group) is 2. The van der Waals surface area contributed by atoms with E-state index in [1.54, 1.807) is 49.2 Å². The molecule has 0 N–H and O–H groups in total. The third kappa shape index (κ3) is 11.6. The number of Topliss-reactive ketones (excluding diaryl/α,β-unsaturated/α-hetero) is 2. The number of benzene rings is 2. The van der Waals surface area contributed by atoms with Gasteiger partial charge in [0.15, 0.2) is 23.8 Å². The van der Waals surface area contributed by atoms with Crippen LogP contribution in [0, 0.1) is 23.7 Å². The summed E-state index contributed by atoms with van der Waals surface area (Å²) in [5.41, 5.74) is -0.817.